The summed E-state index contributed by atoms with van der Waals surface area (Å²) in [4.78, 5) is 24.3. The fraction of sp³-hybridized carbons (Fsp3) is 0.294. The van der Waals surface area contributed by atoms with Crippen LogP contribution in [0.1, 0.15) is 35.8 Å². The van der Waals surface area contributed by atoms with Gasteiger partial charge in [0.15, 0.2) is 9.84 Å². The van der Waals surface area contributed by atoms with Crippen LogP contribution in [0, 0.1) is 0 Å². The van der Waals surface area contributed by atoms with E-state index in [1.165, 1.54) is 30.7 Å². The Morgan fingerprint density at radius 2 is 1.68 bits per heavy atom. The third kappa shape index (κ3) is 4.93. The lowest BCUT2D eigenvalue weighted by Gasteiger charge is -2.19. The second-order valence-corrected chi connectivity index (χ2v) is 7.79. The smallest absolute Gasteiger partial charge is 0.255 e. The Morgan fingerprint density at radius 3 is 2.20 bits per heavy atom. The summed E-state index contributed by atoms with van der Waals surface area (Å²) in [5.74, 6) is -0.752. The topological polar surface area (TPSA) is 105 Å². The van der Waals surface area contributed by atoms with Crippen molar-refractivity contribution in [1.29, 1.82) is 0 Å². The number of hydrogen-bond acceptors (Lipinski definition) is 5. The number of carbonyl (C=O) groups excluding carboxylic acids is 2. The van der Waals surface area contributed by atoms with Gasteiger partial charge in [-0.25, -0.2) is 8.42 Å². The molecule has 2 unspecified atom stereocenters. The quantitative estimate of drug-likeness (QED) is 0.811. The number of carbonyl (C=O) groups is 2. The SMILES string of the molecule is CC(NC(=O)c1ccoc1)C(=O)NC(C)c1ccc(S(C)(=O)=O)cc1. The van der Waals surface area contributed by atoms with E-state index >= 15 is 0 Å². The van der Waals surface area contributed by atoms with Crippen LogP contribution in [-0.4, -0.2) is 32.5 Å². The van der Waals surface area contributed by atoms with Crippen molar-refractivity contribution in [3.63, 3.8) is 0 Å². The average molecular weight is 364 g/mol. The molecule has 0 bridgehead atoms. The van der Waals surface area contributed by atoms with Gasteiger partial charge >= 0.3 is 0 Å². The van der Waals surface area contributed by atoms with Crippen LogP contribution in [0.4, 0.5) is 0 Å². The molecule has 0 spiro atoms. The lowest BCUT2D eigenvalue weighted by atomic mass is 10.1. The van der Waals surface area contributed by atoms with Gasteiger partial charge in [-0.1, -0.05) is 12.1 Å². The van der Waals surface area contributed by atoms with Gasteiger partial charge in [-0.15, -0.1) is 0 Å². The fourth-order valence-electron chi connectivity index (χ4n) is 2.16. The van der Waals surface area contributed by atoms with Crippen LogP contribution in [-0.2, 0) is 14.6 Å². The van der Waals surface area contributed by atoms with Gasteiger partial charge in [0.05, 0.1) is 22.8 Å². The highest BCUT2D eigenvalue weighted by atomic mass is 32.2. The van der Waals surface area contributed by atoms with Crippen LogP contribution in [0.25, 0.3) is 0 Å². The van der Waals surface area contributed by atoms with E-state index in [2.05, 4.69) is 10.6 Å². The zero-order valence-electron chi connectivity index (χ0n) is 14.1. The van der Waals surface area contributed by atoms with Crippen LogP contribution < -0.4 is 10.6 Å². The Balaban J connectivity index is 1.96. The van der Waals surface area contributed by atoms with Gasteiger partial charge in [0.25, 0.3) is 5.91 Å². The Hall–Kier alpha value is -2.61. The fourth-order valence-corrected chi connectivity index (χ4v) is 2.80. The molecule has 1 heterocycles. The predicted octanol–water partition coefficient (Wildman–Crippen LogP) is 1.68. The highest BCUT2D eigenvalue weighted by Gasteiger charge is 2.19. The first-order valence-corrected chi connectivity index (χ1v) is 9.51. The predicted molar refractivity (Wildman–Crippen MR) is 91.7 cm³/mol. The van der Waals surface area contributed by atoms with Gasteiger partial charge in [-0.3, -0.25) is 9.59 Å². The van der Waals surface area contributed by atoms with Crippen molar-refractivity contribution in [2.45, 2.75) is 30.8 Å². The van der Waals surface area contributed by atoms with E-state index in [1.807, 2.05) is 0 Å². The summed E-state index contributed by atoms with van der Waals surface area (Å²) in [6.45, 7) is 3.35. The van der Waals surface area contributed by atoms with Crippen molar-refractivity contribution >= 4 is 21.7 Å². The molecule has 2 atom stereocenters. The number of amides is 2. The minimum Gasteiger partial charge on any atom is -0.472 e. The van der Waals surface area contributed by atoms with Gasteiger partial charge in [0.2, 0.25) is 5.91 Å². The zero-order chi connectivity index (χ0) is 18.6. The molecule has 0 saturated carbocycles. The molecule has 0 aliphatic rings. The van der Waals surface area contributed by atoms with Crippen LogP contribution in [0.15, 0.2) is 52.2 Å². The molecule has 0 aliphatic heterocycles. The average Bonchev–Trinajstić information content (AvgIpc) is 3.08. The Kier molecular flexibility index (Phi) is 5.63. The van der Waals surface area contributed by atoms with Gasteiger partial charge in [0, 0.05) is 6.26 Å². The second-order valence-electron chi connectivity index (χ2n) is 5.78. The maximum Gasteiger partial charge on any atom is 0.255 e. The molecule has 2 aromatic rings. The Labute approximate surface area is 146 Å². The minimum atomic E-state index is -3.26. The molecule has 1 aromatic heterocycles. The molecule has 2 rings (SSSR count). The van der Waals surface area contributed by atoms with E-state index < -0.39 is 21.8 Å². The standard InChI is InChI=1S/C17H20N2O5S/c1-11(13-4-6-15(7-5-13)25(3,22)23)18-16(20)12(2)19-17(21)14-8-9-24-10-14/h4-12H,1-3H3,(H,18,20)(H,19,21). The Bertz CT molecular complexity index is 842. The monoisotopic (exact) mass is 364 g/mol. The molecule has 134 valence electrons. The molecule has 7 nitrogen and oxygen atoms in total. The molecular weight excluding hydrogens is 344 g/mol. The van der Waals surface area contributed by atoms with Crippen LogP contribution in [0.5, 0.6) is 0 Å². The minimum absolute atomic E-state index is 0.218. The van der Waals surface area contributed by atoms with Crippen molar-refractivity contribution in [3.05, 3.63) is 54.0 Å². The summed E-state index contributed by atoms with van der Waals surface area (Å²) in [6, 6.07) is 6.72. The summed E-state index contributed by atoms with van der Waals surface area (Å²) >= 11 is 0. The molecule has 25 heavy (non-hydrogen) atoms. The lowest BCUT2D eigenvalue weighted by molar-refractivity contribution is -0.123. The molecule has 0 fully saturated rings. The molecule has 2 N–H and O–H groups in total. The first-order chi connectivity index (χ1) is 11.7. The molecule has 0 aliphatic carbocycles. The van der Waals surface area contributed by atoms with Gasteiger partial charge in [-0.2, -0.15) is 0 Å². The van der Waals surface area contributed by atoms with Crippen molar-refractivity contribution in [1.82, 2.24) is 10.6 Å². The van der Waals surface area contributed by atoms with Crippen molar-refractivity contribution < 1.29 is 22.4 Å². The summed E-state index contributed by atoms with van der Waals surface area (Å²) in [7, 11) is -3.26. The number of benzene rings is 1. The van der Waals surface area contributed by atoms with Crippen LogP contribution in [0.2, 0.25) is 0 Å². The van der Waals surface area contributed by atoms with Crippen molar-refractivity contribution in [2.24, 2.45) is 0 Å². The zero-order valence-corrected chi connectivity index (χ0v) is 15.0. The molecule has 2 amide bonds. The second kappa shape index (κ2) is 7.52. The molecular formula is C17H20N2O5S. The van der Waals surface area contributed by atoms with Crippen molar-refractivity contribution in [3.8, 4) is 0 Å². The summed E-state index contributed by atoms with van der Waals surface area (Å²) in [6.07, 6.45) is 3.81. The number of nitrogens with one attached hydrogen (secondary N) is 2. The molecule has 1 aromatic carbocycles. The summed E-state index contributed by atoms with van der Waals surface area (Å²) in [5, 5.41) is 5.36. The normalized spacial score (nSPS) is 13.7. The van der Waals surface area contributed by atoms with Crippen molar-refractivity contribution in [2.75, 3.05) is 6.26 Å². The molecule has 0 radical (unpaired) electrons. The highest BCUT2D eigenvalue weighted by Crippen LogP contribution is 2.16. The van der Waals surface area contributed by atoms with E-state index in [9.17, 15) is 18.0 Å². The van der Waals surface area contributed by atoms with Crippen LogP contribution >= 0.6 is 0 Å². The molecule has 8 heteroatoms. The van der Waals surface area contributed by atoms with Crippen LogP contribution in [0.3, 0.4) is 0 Å². The Morgan fingerprint density at radius 1 is 1.04 bits per heavy atom. The van der Waals surface area contributed by atoms with E-state index in [-0.39, 0.29) is 16.8 Å². The van der Waals surface area contributed by atoms with E-state index in [0.717, 1.165) is 11.8 Å². The maximum atomic E-state index is 12.2. The number of hydrogen-bond donors (Lipinski definition) is 2. The third-order valence-corrected chi connectivity index (χ3v) is 4.82. The van der Waals surface area contributed by atoms with Gasteiger partial charge in [0.1, 0.15) is 12.3 Å². The maximum absolute atomic E-state index is 12.2. The van der Waals surface area contributed by atoms with Gasteiger partial charge in [-0.05, 0) is 37.6 Å². The van der Waals surface area contributed by atoms with E-state index in [4.69, 9.17) is 4.42 Å². The number of rotatable bonds is 6. The van der Waals surface area contributed by atoms with E-state index in [0.29, 0.717) is 5.56 Å². The lowest BCUT2D eigenvalue weighted by Crippen LogP contribution is -2.45. The van der Waals surface area contributed by atoms with E-state index in [1.54, 1.807) is 26.0 Å². The number of sulfone groups is 1. The summed E-state index contributed by atoms with van der Waals surface area (Å²) < 4.78 is 27.8. The first kappa shape index (κ1) is 18.7. The number of furan rings is 1. The third-order valence-electron chi connectivity index (χ3n) is 3.69. The van der Waals surface area contributed by atoms with Gasteiger partial charge < -0.3 is 15.1 Å². The largest absolute Gasteiger partial charge is 0.472 e. The summed E-state index contributed by atoms with van der Waals surface area (Å²) in [5.41, 5.74) is 1.10. The highest BCUT2D eigenvalue weighted by molar-refractivity contribution is 7.90. The molecule has 0 saturated heterocycles. The first-order valence-electron chi connectivity index (χ1n) is 7.62.